The fourth-order valence-electron chi connectivity index (χ4n) is 4.27. The number of hydrogen-bond donors (Lipinski definition) is 2. The normalized spacial score (nSPS) is 17.4. The van der Waals surface area contributed by atoms with E-state index >= 15 is 0 Å². The average molecular weight is 590 g/mol. The minimum Gasteiger partial charge on any atom is -0.374 e. The van der Waals surface area contributed by atoms with Crippen molar-refractivity contribution in [3.8, 4) is 0 Å². The van der Waals surface area contributed by atoms with Crippen LogP contribution in [0, 0.1) is 0 Å². The summed E-state index contributed by atoms with van der Waals surface area (Å²) in [7, 11) is 0. The number of carbonyl (C=O) groups is 2. The molecule has 40 heavy (non-hydrogen) atoms. The molecule has 0 saturated heterocycles. The van der Waals surface area contributed by atoms with Crippen LogP contribution in [0.5, 0.6) is 0 Å². The zero-order chi connectivity index (χ0) is 29.3. The number of amides is 2. The number of fused-ring (bicyclic) bond motifs is 1. The molecule has 0 aromatic heterocycles. The predicted octanol–water partition coefficient (Wildman–Crippen LogP) is 5.95. The summed E-state index contributed by atoms with van der Waals surface area (Å²) in [6.45, 7) is -3.35. The van der Waals surface area contributed by atoms with Crippen LogP contribution in [0.1, 0.15) is 33.5 Å². The summed E-state index contributed by atoms with van der Waals surface area (Å²) < 4.78 is 93.4. The molecule has 1 atom stereocenters. The number of halogens is 8. The molecule has 0 spiro atoms. The van der Waals surface area contributed by atoms with Gasteiger partial charge in [-0.25, -0.2) is 4.39 Å². The molecule has 1 aliphatic rings. The second-order valence-electron chi connectivity index (χ2n) is 8.89. The molecule has 0 saturated carbocycles. The lowest BCUT2D eigenvalue weighted by Gasteiger charge is -2.30. The van der Waals surface area contributed by atoms with E-state index < -0.39 is 61.5 Å². The van der Waals surface area contributed by atoms with Gasteiger partial charge in [0.1, 0.15) is 13.2 Å². The van der Waals surface area contributed by atoms with E-state index in [1.54, 1.807) is 17.4 Å². The van der Waals surface area contributed by atoms with E-state index in [2.05, 4.69) is 10.5 Å². The van der Waals surface area contributed by atoms with E-state index in [0.717, 1.165) is 12.1 Å². The molecule has 1 unspecified atom stereocenters. The first-order chi connectivity index (χ1) is 18.7. The van der Waals surface area contributed by atoms with Crippen LogP contribution in [-0.4, -0.2) is 43.0 Å². The summed E-state index contributed by atoms with van der Waals surface area (Å²) in [5, 5.41) is 8.07. The van der Waals surface area contributed by atoms with E-state index in [1.807, 2.05) is 0 Å². The van der Waals surface area contributed by atoms with Gasteiger partial charge in [-0.3, -0.25) is 9.59 Å². The molecule has 1 aliphatic heterocycles. The quantitative estimate of drug-likeness (QED) is 0.334. The molecule has 4 rings (SSSR count). The van der Waals surface area contributed by atoms with E-state index in [9.17, 15) is 40.3 Å². The highest BCUT2D eigenvalue weighted by Gasteiger charge is 2.62. The molecule has 0 radical (unpaired) electrons. The number of rotatable bonds is 7. The Bertz CT molecular complexity index is 1490. The maximum absolute atomic E-state index is 14.4. The molecule has 0 fully saturated rings. The highest BCUT2D eigenvalue weighted by molar-refractivity contribution is 6.30. The summed E-state index contributed by atoms with van der Waals surface area (Å²) in [5.74, 6) is -1.86. The first kappa shape index (κ1) is 29.1. The Morgan fingerprint density at radius 3 is 2.33 bits per heavy atom. The number of nitrogens with zero attached hydrogens (tertiary/aromatic N) is 1. The molecule has 0 aliphatic carbocycles. The van der Waals surface area contributed by atoms with Crippen LogP contribution >= 0.6 is 11.6 Å². The molecule has 212 valence electrons. The van der Waals surface area contributed by atoms with Gasteiger partial charge in [-0.2, -0.15) is 26.3 Å². The summed E-state index contributed by atoms with van der Waals surface area (Å²) in [6.07, 6.45) is -10.4. The predicted molar refractivity (Wildman–Crippen MR) is 132 cm³/mol. The first-order valence-corrected chi connectivity index (χ1v) is 11.9. The van der Waals surface area contributed by atoms with Crippen molar-refractivity contribution in [2.75, 3.05) is 13.1 Å². The second kappa shape index (κ2) is 11.0. The number of benzene rings is 3. The minimum absolute atomic E-state index is 0.0204. The highest BCUT2D eigenvalue weighted by Crippen LogP contribution is 2.50. The number of carbonyl (C=O) groups excluding carboxylic acids is 2. The third-order valence-corrected chi connectivity index (χ3v) is 6.36. The summed E-state index contributed by atoms with van der Waals surface area (Å²) >= 11 is 5.94. The lowest BCUT2D eigenvalue weighted by Crippen LogP contribution is -2.42. The van der Waals surface area contributed by atoms with Crippen LogP contribution in [-0.2, 0) is 21.9 Å². The smallest absolute Gasteiger partial charge is 0.374 e. The Kier molecular flexibility index (Phi) is 7.97. The Labute approximate surface area is 227 Å². The van der Waals surface area contributed by atoms with Crippen LogP contribution in [0.4, 0.5) is 30.7 Å². The zero-order valence-electron chi connectivity index (χ0n) is 20.2. The number of alkyl halides is 7. The van der Waals surface area contributed by atoms with E-state index in [1.165, 1.54) is 30.3 Å². The Morgan fingerprint density at radius 2 is 1.68 bits per heavy atom. The van der Waals surface area contributed by atoms with Crippen LogP contribution < -0.4 is 10.6 Å². The molecule has 1 heterocycles. The third kappa shape index (κ3) is 5.98. The highest BCUT2D eigenvalue weighted by atomic mass is 35.5. The monoisotopic (exact) mass is 589 g/mol. The van der Waals surface area contributed by atoms with Gasteiger partial charge in [0.15, 0.2) is 0 Å². The van der Waals surface area contributed by atoms with Gasteiger partial charge >= 0.3 is 12.4 Å². The van der Waals surface area contributed by atoms with Gasteiger partial charge in [0.05, 0.1) is 12.3 Å². The molecule has 6 nitrogen and oxygen atoms in total. The van der Waals surface area contributed by atoms with Gasteiger partial charge in [0, 0.05) is 28.1 Å². The fourth-order valence-corrected chi connectivity index (χ4v) is 4.53. The zero-order valence-corrected chi connectivity index (χ0v) is 21.0. The molecule has 3 aromatic carbocycles. The van der Waals surface area contributed by atoms with Gasteiger partial charge in [0.2, 0.25) is 5.91 Å². The Morgan fingerprint density at radius 1 is 0.975 bits per heavy atom. The molecule has 3 aromatic rings. The van der Waals surface area contributed by atoms with Gasteiger partial charge in [0.25, 0.3) is 11.5 Å². The van der Waals surface area contributed by atoms with Crippen LogP contribution in [0.3, 0.4) is 0 Å². The Balaban J connectivity index is 1.63. The number of nitrogens with one attached hydrogen (secondary N) is 2. The van der Waals surface area contributed by atoms with Crippen LogP contribution in [0.25, 0.3) is 10.8 Å². The van der Waals surface area contributed by atoms with Crippen molar-refractivity contribution in [2.24, 2.45) is 5.16 Å². The fraction of sp³-hybridized carbons (Fsp3) is 0.269. The summed E-state index contributed by atoms with van der Waals surface area (Å²) in [4.78, 5) is 29.4. The molecular formula is C26H19ClF7N3O3. The maximum Gasteiger partial charge on any atom is 0.435 e. The van der Waals surface area contributed by atoms with E-state index in [0.29, 0.717) is 5.39 Å². The van der Waals surface area contributed by atoms with Crippen LogP contribution in [0.15, 0.2) is 59.8 Å². The Hall–Kier alpha value is -3.87. The van der Waals surface area contributed by atoms with Gasteiger partial charge in [-0.15, -0.1) is 0 Å². The molecule has 2 amide bonds. The van der Waals surface area contributed by atoms with Crippen molar-refractivity contribution in [3.63, 3.8) is 0 Å². The lowest BCUT2D eigenvalue weighted by atomic mass is 9.84. The number of oxime groups is 1. The standard InChI is InChI=1S/C26H19ClF7N3O3/c27-16-8-14(11-28)7-15(9-16)24(26(32,33)34)10-21(37-40-24)19-5-6-20(18-4-2-1-3-17(18)19)23(39)35-12-22(38)36-13-25(29,30)31/h1-9H,10-13H2,(H,35,39)(H,36,38). The minimum atomic E-state index is -4.97. The van der Waals surface area contributed by atoms with Gasteiger partial charge < -0.3 is 15.5 Å². The van der Waals surface area contributed by atoms with Crippen molar-refractivity contribution in [2.45, 2.75) is 31.0 Å². The maximum atomic E-state index is 14.4. The van der Waals surface area contributed by atoms with Crippen molar-refractivity contribution >= 4 is 39.9 Å². The van der Waals surface area contributed by atoms with Crippen molar-refractivity contribution in [1.29, 1.82) is 0 Å². The molecule has 0 bridgehead atoms. The SMILES string of the molecule is O=C(CNC(=O)c1ccc(C2=NOC(c3cc(Cl)cc(CF)c3)(C(F)(F)F)C2)c2ccccc12)NCC(F)(F)F. The summed E-state index contributed by atoms with van der Waals surface area (Å²) in [5.41, 5.74) is -3.31. The molecule has 2 N–H and O–H groups in total. The lowest BCUT2D eigenvalue weighted by molar-refractivity contribution is -0.275. The average Bonchev–Trinajstić information content (AvgIpc) is 3.36. The van der Waals surface area contributed by atoms with Crippen molar-refractivity contribution < 1.29 is 45.2 Å². The van der Waals surface area contributed by atoms with Crippen LogP contribution in [0.2, 0.25) is 5.02 Å². The van der Waals surface area contributed by atoms with E-state index in [-0.39, 0.29) is 32.8 Å². The third-order valence-electron chi connectivity index (χ3n) is 6.14. The first-order valence-electron chi connectivity index (χ1n) is 11.6. The van der Waals surface area contributed by atoms with E-state index in [4.69, 9.17) is 16.4 Å². The van der Waals surface area contributed by atoms with Gasteiger partial charge in [-0.1, -0.05) is 47.1 Å². The van der Waals surface area contributed by atoms with Crippen molar-refractivity contribution in [3.05, 3.63) is 81.9 Å². The second-order valence-corrected chi connectivity index (χ2v) is 9.33. The topological polar surface area (TPSA) is 79.8 Å². The van der Waals surface area contributed by atoms with Crippen molar-refractivity contribution in [1.82, 2.24) is 10.6 Å². The number of hydrogen-bond acceptors (Lipinski definition) is 4. The molecular weight excluding hydrogens is 571 g/mol. The molecule has 14 heteroatoms. The summed E-state index contributed by atoms with van der Waals surface area (Å²) in [6, 6.07) is 12.1. The van der Waals surface area contributed by atoms with Gasteiger partial charge in [-0.05, 0) is 40.6 Å². The largest absolute Gasteiger partial charge is 0.435 e.